The number of ether oxygens (including phenoxy) is 1. The Morgan fingerprint density at radius 3 is 2.76 bits per heavy atom. The summed E-state index contributed by atoms with van der Waals surface area (Å²) < 4.78 is 7.00. The van der Waals surface area contributed by atoms with Gasteiger partial charge in [-0.05, 0) is 37.1 Å². The quantitative estimate of drug-likeness (QED) is 0.314. The third-order valence-electron chi connectivity index (χ3n) is 5.10. The number of thiazole rings is 1. The Morgan fingerprint density at radius 1 is 1.30 bits per heavy atom. The highest BCUT2D eigenvalue weighted by molar-refractivity contribution is 7.07. The van der Waals surface area contributed by atoms with E-state index in [9.17, 15) is 19.7 Å². The first-order chi connectivity index (χ1) is 15.8. The van der Waals surface area contributed by atoms with Gasteiger partial charge in [0.05, 0.1) is 27.3 Å². The lowest BCUT2D eigenvalue weighted by Crippen LogP contribution is -2.40. The molecule has 0 aliphatic carbocycles. The van der Waals surface area contributed by atoms with Crippen molar-refractivity contribution >= 4 is 40.7 Å². The Labute approximate surface area is 196 Å². The Balaban J connectivity index is 1.96. The lowest BCUT2D eigenvalue weighted by Gasteiger charge is -2.25. The highest BCUT2D eigenvalue weighted by Crippen LogP contribution is 2.34. The topological polar surface area (TPSA) is 104 Å². The van der Waals surface area contributed by atoms with Gasteiger partial charge in [-0.3, -0.25) is 19.5 Å². The molecule has 0 bridgehead atoms. The Morgan fingerprint density at radius 2 is 2.06 bits per heavy atom. The third kappa shape index (κ3) is 4.24. The van der Waals surface area contributed by atoms with Gasteiger partial charge in [-0.1, -0.05) is 53.3 Å². The van der Waals surface area contributed by atoms with Gasteiger partial charge >= 0.3 is 5.97 Å². The van der Waals surface area contributed by atoms with Gasteiger partial charge in [0.1, 0.15) is 6.04 Å². The van der Waals surface area contributed by atoms with E-state index in [0.717, 1.165) is 11.3 Å². The van der Waals surface area contributed by atoms with Crippen LogP contribution in [0.15, 0.2) is 69.6 Å². The molecule has 0 amide bonds. The van der Waals surface area contributed by atoms with Crippen molar-refractivity contribution in [3.63, 3.8) is 0 Å². The first kappa shape index (κ1) is 22.6. The van der Waals surface area contributed by atoms with Crippen LogP contribution in [0, 0.1) is 10.1 Å². The number of halogens is 1. The van der Waals surface area contributed by atoms with Crippen LogP contribution in [0.5, 0.6) is 0 Å². The highest BCUT2D eigenvalue weighted by Gasteiger charge is 2.34. The normalized spacial score (nSPS) is 15.7. The van der Waals surface area contributed by atoms with Gasteiger partial charge in [-0.25, -0.2) is 9.79 Å². The maximum atomic E-state index is 13.5. The second-order valence-corrected chi connectivity index (χ2v) is 8.59. The van der Waals surface area contributed by atoms with Gasteiger partial charge in [0, 0.05) is 17.2 Å². The number of rotatable bonds is 5. The van der Waals surface area contributed by atoms with E-state index in [1.807, 2.05) is 0 Å². The van der Waals surface area contributed by atoms with Crippen LogP contribution in [0.2, 0.25) is 5.02 Å². The van der Waals surface area contributed by atoms with Gasteiger partial charge in [-0.2, -0.15) is 0 Å². The van der Waals surface area contributed by atoms with Crippen molar-refractivity contribution in [1.82, 2.24) is 4.57 Å². The number of esters is 1. The average Bonchev–Trinajstić information content (AvgIpc) is 3.08. The molecule has 0 saturated heterocycles. The van der Waals surface area contributed by atoms with Crippen LogP contribution in [0.1, 0.15) is 31.0 Å². The number of aromatic nitrogens is 1. The van der Waals surface area contributed by atoms with E-state index in [4.69, 9.17) is 16.3 Å². The zero-order chi connectivity index (χ0) is 23.7. The second-order valence-electron chi connectivity index (χ2n) is 7.18. The molecule has 2 aromatic carbocycles. The number of nitrogens with zero attached hydrogens (tertiary/aromatic N) is 3. The second kappa shape index (κ2) is 9.13. The predicted molar refractivity (Wildman–Crippen MR) is 125 cm³/mol. The minimum atomic E-state index is -0.818. The van der Waals surface area contributed by atoms with Crippen LogP contribution >= 0.6 is 22.9 Å². The summed E-state index contributed by atoms with van der Waals surface area (Å²) in [6, 6.07) is 12.2. The Bertz CT molecular complexity index is 1490. The molecule has 1 unspecified atom stereocenters. The number of allylic oxidation sites excluding steroid dienone is 1. The predicted octanol–water partition coefficient (Wildman–Crippen LogP) is 3.36. The summed E-state index contributed by atoms with van der Waals surface area (Å²) in [7, 11) is 0. The van der Waals surface area contributed by atoms with Gasteiger partial charge in [0.15, 0.2) is 4.80 Å². The number of hydrogen-bond donors (Lipinski definition) is 0. The van der Waals surface area contributed by atoms with Crippen LogP contribution in [-0.2, 0) is 9.53 Å². The number of nitro benzene ring substituents is 1. The summed E-state index contributed by atoms with van der Waals surface area (Å²) in [5, 5.41) is 11.5. The maximum Gasteiger partial charge on any atom is 0.338 e. The minimum Gasteiger partial charge on any atom is -0.463 e. The van der Waals surface area contributed by atoms with Crippen LogP contribution < -0.4 is 14.9 Å². The molecule has 1 aliphatic heterocycles. The highest BCUT2D eigenvalue weighted by atomic mass is 35.5. The van der Waals surface area contributed by atoms with Crippen molar-refractivity contribution in [3.05, 3.63) is 106 Å². The number of fused-ring (bicyclic) bond motifs is 1. The molecule has 8 nitrogen and oxygen atoms in total. The zero-order valence-electron chi connectivity index (χ0n) is 17.6. The molecular formula is C23H18ClN3O5S. The minimum absolute atomic E-state index is 0.0779. The molecule has 10 heteroatoms. The van der Waals surface area contributed by atoms with Crippen molar-refractivity contribution < 1.29 is 14.5 Å². The van der Waals surface area contributed by atoms with Crippen molar-refractivity contribution in [2.45, 2.75) is 19.9 Å². The monoisotopic (exact) mass is 483 g/mol. The lowest BCUT2D eigenvalue weighted by atomic mass is 9.96. The summed E-state index contributed by atoms with van der Waals surface area (Å²) >= 11 is 7.60. The van der Waals surface area contributed by atoms with E-state index in [1.54, 1.807) is 56.3 Å². The third-order valence-corrected chi connectivity index (χ3v) is 6.42. The number of carbonyl (C=O) groups excluding carboxylic acids is 1. The summed E-state index contributed by atoms with van der Waals surface area (Å²) in [6.07, 6.45) is 1.57. The first-order valence-corrected chi connectivity index (χ1v) is 11.2. The maximum absolute atomic E-state index is 13.5. The van der Waals surface area contributed by atoms with E-state index in [2.05, 4.69) is 4.99 Å². The standard InChI is InChI=1S/C23H18ClN3O5S/c1-3-32-22(29)19-13(2)25-23-26(20(19)16-9-4-5-10-17(16)24)21(28)18(33-23)12-14-7-6-8-15(11-14)27(30)31/h4-12,20H,3H2,1-2H3/b18-12+. The molecule has 4 rings (SSSR count). The smallest absolute Gasteiger partial charge is 0.338 e. The molecule has 1 atom stereocenters. The Hall–Kier alpha value is -3.56. The molecule has 2 heterocycles. The number of benzene rings is 2. The van der Waals surface area contributed by atoms with Crippen molar-refractivity contribution in [2.75, 3.05) is 6.61 Å². The fourth-order valence-electron chi connectivity index (χ4n) is 3.66. The average molecular weight is 484 g/mol. The van der Waals surface area contributed by atoms with Gasteiger partial charge < -0.3 is 4.74 Å². The van der Waals surface area contributed by atoms with E-state index in [-0.39, 0.29) is 23.4 Å². The largest absolute Gasteiger partial charge is 0.463 e. The van der Waals surface area contributed by atoms with Gasteiger partial charge in [0.2, 0.25) is 0 Å². The lowest BCUT2D eigenvalue weighted by molar-refractivity contribution is -0.384. The SMILES string of the molecule is CCOC(=O)C1=C(C)N=c2s/c(=C/c3cccc([N+](=O)[O-])c3)c(=O)n2C1c1ccccc1Cl. The first-order valence-electron chi connectivity index (χ1n) is 10.0. The van der Waals surface area contributed by atoms with Crippen molar-refractivity contribution in [1.29, 1.82) is 0 Å². The molecule has 0 radical (unpaired) electrons. The number of carbonyl (C=O) groups is 1. The van der Waals surface area contributed by atoms with Crippen molar-refractivity contribution in [3.8, 4) is 0 Å². The number of hydrogen-bond acceptors (Lipinski definition) is 7. The fourth-order valence-corrected chi connectivity index (χ4v) is 4.95. The molecular weight excluding hydrogens is 466 g/mol. The van der Waals surface area contributed by atoms with E-state index >= 15 is 0 Å². The summed E-state index contributed by atoms with van der Waals surface area (Å²) in [5.74, 6) is -0.573. The van der Waals surface area contributed by atoms with Crippen LogP contribution in [-0.4, -0.2) is 22.1 Å². The molecule has 0 N–H and O–H groups in total. The van der Waals surface area contributed by atoms with E-state index in [0.29, 0.717) is 31.2 Å². The fraction of sp³-hybridized carbons (Fsp3) is 0.174. The molecule has 0 saturated carbocycles. The van der Waals surface area contributed by atoms with Gasteiger partial charge in [0.25, 0.3) is 11.2 Å². The molecule has 1 aromatic heterocycles. The zero-order valence-corrected chi connectivity index (χ0v) is 19.2. The van der Waals surface area contributed by atoms with E-state index in [1.165, 1.54) is 16.7 Å². The molecule has 168 valence electrons. The van der Waals surface area contributed by atoms with E-state index < -0.39 is 16.9 Å². The van der Waals surface area contributed by atoms with Crippen LogP contribution in [0.4, 0.5) is 5.69 Å². The molecule has 0 spiro atoms. The van der Waals surface area contributed by atoms with Gasteiger partial charge in [-0.15, -0.1) is 0 Å². The van der Waals surface area contributed by atoms with Crippen LogP contribution in [0.3, 0.4) is 0 Å². The number of non-ortho nitro benzene ring substituents is 1. The molecule has 33 heavy (non-hydrogen) atoms. The molecule has 0 fully saturated rings. The van der Waals surface area contributed by atoms with Crippen molar-refractivity contribution in [2.24, 2.45) is 4.99 Å². The summed E-state index contributed by atoms with van der Waals surface area (Å²) in [6.45, 7) is 3.56. The Kier molecular flexibility index (Phi) is 6.26. The number of nitro groups is 1. The summed E-state index contributed by atoms with van der Waals surface area (Å²) in [5.41, 5.74) is 1.28. The van der Waals surface area contributed by atoms with Crippen LogP contribution in [0.25, 0.3) is 6.08 Å². The molecule has 3 aromatic rings. The summed E-state index contributed by atoms with van der Waals surface area (Å²) in [4.78, 5) is 41.9. The molecule has 1 aliphatic rings.